The van der Waals surface area contributed by atoms with Gasteiger partial charge in [0.1, 0.15) is 5.75 Å². The van der Waals surface area contributed by atoms with E-state index >= 15 is 0 Å². The fraction of sp³-hybridized carbons (Fsp3) is 0.444. The fourth-order valence-electron chi connectivity index (χ4n) is 1.23. The minimum Gasteiger partial charge on any atom is -0.496 e. The van der Waals surface area contributed by atoms with Crippen LogP contribution in [0.25, 0.3) is 0 Å². The van der Waals surface area contributed by atoms with Crippen LogP contribution in [0.3, 0.4) is 0 Å². The molecule has 4 heteroatoms. The van der Waals surface area contributed by atoms with Crippen molar-refractivity contribution in [2.75, 3.05) is 7.11 Å². The first kappa shape index (κ1) is 13.4. The van der Waals surface area contributed by atoms with Gasteiger partial charge < -0.3 is 9.84 Å². The van der Waals surface area contributed by atoms with E-state index in [0.29, 0.717) is 5.69 Å². The number of aromatic nitrogens is 1. The third kappa shape index (κ3) is 2.90. The zero-order chi connectivity index (χ0) is 9.14. The Morgan fingerprint density at radius 3 is 2.54 bits per heavy atom. The van der Waals surface area contributed by atoms with E-state index in [9.17, 15) is 0 Å². The number of pyridine rings is 1. The summed E-state index contributed by atoms with van der Waals surface area (Å²) < 4.78 is 5.17. The van der Waals surface area contributed by atoms with E-state index in [0.717, 1.165) is 16.9 Å². The molecule has 0 atom stereocenters. The van der Waals surface area contributed by atoms with Gasteiger partial charge in [-0.15, -0.1) is 0 Å². The van der Waals surface area contributed by atoms with E-state index in [4.69, 9.17) is 9.84 Å². The van der Waals surface area contributed by atoms with Crippen LogP contribution in [0.5, 0.6) is 5.75 Å². The van der Waals surface area contributed by atoms with Gasteiger partial charge in [-0.25, -0.2) is 0 Å². The SMILES string of the molecule is COc1c(C)cnc(CO)c1C.[Ac]. The molecule has 0 saturated carbocycles. The molecule has 0 aromatic carbocycles. The Kier molecular flexibility index (Phi) is 6.11. The Morgan fingerprint density at radius 2 is 2.08 bits per heavy atom. The van der Waals surface area contributed by atoms with E-state index in [1.54, 1.807) is 13.3 Å². The van der Waals surface area contributed by atoms with Crippen LogP contribution in [0.1, 0.15) is 16.8 Å². The molecule has 0 unspecified atom stereocenters. The van der Waals surface area contributed by atoms with Gasteiger partial charge in [0.2, 0.25) is 0 Å². The van der Waals surface area contributed by atoms with Crippen LogP contribution in [-0.4, -0.2) is 17.2 Å². The average Bonchev–Trinajstić information content (AvgIpc) is 2.06. The van der Waals surface area contributed by atoms with Gasteiger partial charge >= 0.3 is 0 Å². The van der Waals surface area contributed by atoms with Crippen LogP contribution < -0.4 is 4.74 Å². The first-order valence-electron chi connectivity index (χ1n) is 3.80. The van der Waals surface area contributed by atoms with Gasteiger partial charge in [0.05, 0.1) is 19.4 Å². The largest absolute Gasteiger partial charge is 0.496 e. The molecule has 1 heterocycles. The van der Waals surface area contributed by atoms with E-state index in [1.807, 2.05) is 13.8 Å². The second-order valence-corrected chi connectivity index (χ2v) is 2.70. The van der Waals surface area contributed by atoms with E-state index in [1.165, 1.54) is 0 Å². The molecule has 1 aromatic heterocycles. The average molecular weight is 394 g/mol. The molecule has 0 fully saturated rings. The monoisotopic (exact) mass is 394 g/mol. The van der Waals surface area contributed by atoms with Gasteiger partial charge in [-0.3, -0.25) is 4.98 Å². The molecule has 0 aliphatic heterocycles. The maximum Gasteiger partial charge on any atom is 0.128 e. The smallest absolute Gasteiger partial charge is 0.128 e. The first-order chi connectivity index (χ1) is 5.70. The Balaban J connectivity index is 0.00000144. The summed E-state index contributed by atoms with van der Waals surface area (Å²) in [4.78, 5) is 4.07. The predicted molar refractivity (Wildman–Crippen MR) is 46.2 cm³/mol. The number of aliphatic hydroxyl groups excluding tert-OH is 1. The zero-order valence-corrected chi connectivity index (χ0v) is 12.9. The molecule has 0 aliphatic rings. The summed E-state index contributed by atoms with van der Waals surface area (Å²) >= 11 is 0. The Labute approximate surface area is 114 Å². The summed E-state index contributed by atoms with van der Waals surface area (Å²) in [5.74, 6) is 0.814. The molecule has 0 spiro atoms. The molecule has 0 amide bonds. The van der Waals surface area contributed by atoms with Gasteiger partial charge in [-0.1, -0.05) is 0 Å². The minimum atomic E-state index is -0.0392. The van der Waals surface area contributed by atoms with Gasteiger partial charge in [-0.05, 0) is 13.8 Å². The summed E-state index contributed by atoms with van der Waals surface area (Å²) in [6, 6.07) is 0. The standard InChI is InChI=1S/C9H13NO2.Ac/c1-6-4-10-8(5-11)7(2)9(6)12-3;/h4,11H,5H2,1-3H3;. The van der Waals surface area contributed by atoms with Crippen LogP contribution in [0.2, 0.25) is 0 Å². The van der Waals surface area contributed by atoms with Crippen LogP contribution in [0.4, 0.5) is 0 Å². The molecule has 69 valence electrons. The number of hydrogen-bond acceptors (Lipinski definition) is 3. The van der Waals surface area contributed by atoms with Crippen molar-refractivity contribution in [1.82, 2.24) is 4.98 Å². The maximum absolute atomic E-state index is 8.91. The molecule has 0 saturated heterocycles. The van der Waals surface area contributed by atoms with Crippen molar-refractivity contribution in [3.05, 3.63) is 23.0 Å². The Bertz CT molecular complexity index is 289. The zero-order valence-electron chi connectivity index (χ0n) is 8.16. The first-order valence-corrected chi connectivity index (χ1v) is 3.80. The number of aliphatic hydroxyl groups is 1. The Morgan fingerprint density at radius 1 is 1.46 bits per heavy atom. The van der Waals surface area contributed by atoms with Crippen molar-refractivity contribution in [2.24, 2.45) is 0 Å². The van der Waals surface area contributed by atoms with E-state index in [-0.39, 0.29) is 50.7 Å². The van der Waals surface area contributed by atoms with Crippen molar-refractivity contribution in [3.8, 4) is 5.75 Å². The molecular weight excluding hydrogens is 381 g/mol. The molecule has 3 nitrogen and oxygen atoms in total. The second-order valence-electron chi connectivity index (χ2n) is 2.70. The van der Waals surface area contributed by atoms with Crippen molar-refractivity contribution < 1.29 is 53.9 Å². The molecule has 13 heavy (non-hydrogen) atoms. The Hall–Kier alpha value is 0.352. The maximum atomic E-state index is 8.91. The van der Waals surface area contributed by atoms with Crippen LogP contribution >= 0.6 is 0 Å². The summed E-state index contributed by atoms with van der Waals surface area (Å²) in [7, 11) is 1.62. The van der Waals surface area contributed by atoms with Crippen molar-refractivity contribution >= 4 is 0 Å². The quantitative estimate of drug-likeness (QED) is 0.820. The van der Waals surface area contributed by atoms with Gasteiger partial charge in [0, 0.05) is 61.4 Å². The van der Waals surface area contributed by atoms with Gasteiger partial charge in [-0.2, -0.15) is 0 Å². The number of nitrogens with zero attached hydrogens (tertiary/aromatic N) is 1. The topological polar surface area (TPSA) is 42.4 Å². The molecular formula is C9H13AcNO2. The number of hydrogen-bond donors (Lipinski definition) is 1. The van der Waals surface area contributed by atoms with E-state index < -0.39 is 0 Å². The molecule has 0 bridgehead atoms. The third-order valence-corrected chi connectivity index (χ3v) is 1.90. The van der Waals surface area contributed by atoms with Crippen molar-refractivity contribution in [3.63, 3.8) is 0 Å². The van der Waals surface area contributed by atoms with Crippen molar-refractivity contribution in [2.45, 2.75) is 20.5 Å². The molecule has 1 radical (unpaired) electrons. The van der Waals surface area contributed by atoms with E-state index in [2.05, 4.69) is 4.98 Å². The summed E-state index contributed by atoms with van der Waals surface area (Å²) in [6.45, 7) is 3.78. The summed E-state index contributed by atoms with van der Waals surface area (Å²) in [6.07, 6.45) is 1.71. The number of ether oxygens (including phenoxy) is 1. The third-order valence-electron chi connectivity index (χ3n) is 1.90. The van der Waals surface area contributed by atoms with Crippen molar-refractivity contribution in [1.29, 1.82) is 0 Å². The van der Waals surface area contributed by atoms with Crippen LogP contribution in [-0.2, 0) is 6.61 Å². The molecule has 1 rings (SSSR count). The number of aryl methyl sites for hydroxylation is 1. The predicted octanol–water partition coefficient (Wildman–Crippen LogP) is 1.20. The normalized spacial score (nSPS) is 9.23. The molecule has 0 aliphatic carbocycles. The van der Waals surface area contributed by atoms with Gasteiger partial charge in [0.25, 0.3) is 0 Å². The van der Waals surface area contributed by atoms with Crippen LogP contribution in [0, 0.1) is 57.9 Å². The van der Waals surface area contributed by atoms with Gasteiger partial charge in [0.15, 0.2) is 0 Å². The summed E-state index contributed by atoms with van der Waals surface area (Å²) in [5.41, 5.74) is 2.59. The second kappa shape index (κ2) is 5.95. The fourth-order valence-corrected chi connectivity index (χ4v) is 1.23. The molecule has 1 aromatic rings. The number of methoxy groups -OCH3 is 1. The van der Waals surface area contributed by atoms with Crippen LogP contribution in [0.15, 0.2) is 6.20 Å². The minimum absolute atomic E-state index is 0. The molecule has 1 N–H and O–H groups in total. The summed E-state index contributed by atoms with van der Waals surface area (Å²) in [5, 5.41) is 8.91. The number of rotatable bonds is 2.